The molecule has 2 aliphatic heterocycles. The molecule has 2 aromatic rings. The van der Waals surface area contributed by atoms with Crippen LogP contribution in [0, 0.1) is 11.3 Å². The van der Waals surface area contributed by atoms with Crippen molar-refractivity contribution in [2.45, 2.75) is 19.3 Å². The molecule has 1 amide bonds. The SMILES string of the molecule is O=C(c1ccc(-c2ccc3c(c2)OCCO3)s1)N1C[C@@H]2CCC[C@@]2(C(=O)O)C1. The summed E-state index contributed by atoms with van der Waals surface area (Å²) in [5, 5.41) is 9.74. The van der Waals surface area contributed by atoms with Crippen molar-refractivity contribution in [3.8, 4) is 21.9 Å². The fraction of sp³-hybridized carbons (Fsp3) is 0.429. The van der Waals surface area contributed by atoms with Crippen LogP contribution in [0.5, 0.6) is 11.5 Å². The maximum Gasteiger partial charge on any atom is 0.311 e. The fourth-order valence-electron chi connectivity index (χ4n) is 4.75. The van der Waals surface area contributed by atoms with Crippen LogP contribution >= 0.6 is 11.3 Å². The molecule has 3 aliphatic rings. The third kappa shape index (κ3) is 2.68. The number of benzene rings is 1. The molecule has 7 heteroatoms. The van der Waals surface area contributed by atoms with Gasteiger partial charge in [-0.25, -0.2) is 0 Å². The molecule has 2 fully saturated rings. The van der Waals surface area contributed by atoms with Crippen LogP contribution in [0.1, 0.15) is 28.9 Å². The van der Waals surface area contributed by atoms with Crippen LogP contribution in [0.2, 0.25) is 0 Å². The Morgan fingerprint density at radius 1 is 1.14 bits per heavy atom. The van der Waals surface area contributed by atoms with Gasteiger partial charge in [0.25, 0.3) is 5.91 Å². The standard InChI is InChI=1S/C21H21NO5S/c23-19(22-11-14-2-1-7-21(14,12-22)20(24)25)18-6-5-17(28-18)13-3-4-15-16(10-13)27-9-8-26-15/h3-6,10,14H,1-2,7-9,11-12H2,(H,24,25)/t14-,21+/m0/s1. The summed E-state index contributed by atoms with van der Waals surface area (Å²) in [7, 11) is 0. The number of amides is 1. The maximum atomic E-state index is 13.0. The van der Waals surface area contributed by atoms with E-state index < -0.39 is 11.4 Å². The zero-order valence-electron chi connectivity index (χ0n) is 15.3. The van der Waals surface area contributed by atoms with Crippen LogP contribution in [-0.2, 0) is 4.79 Å². The zero-order chi connectivity index (χ0) is 19.3. The number of likely N-dealkylation sites (tertiary alicyclic amines) is 1. The zero-order valence-corrected chi connectivity index (χ0v) is 16.2. The number of hydrogen-bond donors (Lipinski definition) is 1. The molecule has 5 rings (SSSR count). The van der Waals surface area contributed by atoms with Gasteiger partial charge in [0, 0.05) is 18.0 Å². The Labute approximate surface area is 166 Å². The van der Waals surface area contributed by atoms with Gasteiger partial charge in [-0.2, -0.15) is 0 Å². The normalized spacial score (nSPS) is 25.6. The van der Waals surface area contributed by atoms with Gasteiger partial charge in [0.1, 0.15) is 13.2 Å². The molecule has 6 nitrogen and oxygen atoms in total. The Kier molecular flexibility index (Phi) is 4.08. The van der Waals surface area contributed by atoms with Crippen LogP contribution in [-0.4, -0.2) is 48.2 Å². The minimum atomic E-state index is -0.756. The van der Waals surface area contributed by atoms with Gasteiger partial charge in [0.05, 0.1) is 10.3 Å². The van der Waals surface area contributed by atoms with Crippen molar-refractivity contribution in [3.05, 3.63) is 35.2 Å². The van der Waals surface area contributed by atoms with Crippen molar-refractivity contribution in [1.82, 2.24) is 4.90 Å². The molecule has 146 valence electrons. The van der Waals surface area contributed by atoms with Crippen molar-refractivity contribution < 1.29 is 24.2 Å². The largest absolute Gasteiger partial charge is 0.486 e. The predicted molar refractivity (Wildman–Crippen MR) is 104 cm³/mol. The second kappa shape index (κ2) is 6.51. The van der Waals surface area contributed by atoms with Gasteiger partial charge in [-0.15, -0.1) is 11.3 Å². The summed E-state index contributed by atoms with van der Waals surface area (Å²) in [4.78, 5) is 28.2. The molecular weight excluding hydrogens is 378 g/mol. The summed E-state index contributed by atoms with van der Waals surface area (Å²) < 4.78 is 11.2. The lowest BCUT2D eigenvalue weighted by Gasteiger charge is -2.23. The molecule has 0 radical (unpaired) electrons. The third-order valence-electron chi connectivity index (χ3n) is 6.23. The van der Waals surface area contributed by atoms with Gasteiger partial charge in [0.15, 0.2) is 11.5 Å². The second-order valence-electron chi connectivity index (χ2n) is 7.76. The third-order valence-corrected chi connectivity index (χ3v) is 7.35. The lowest BCUT2D eigenvalue weighted by Crippen LogP contribution is -2.37. The minimum Gasteiger partial charge on any atom is -0.486 e. The first kappa shape index (κ1) is 17.6. The van der Waals surface area contributed by atoms with E-state index in [9.17, 15) is 14.7 Å². The Bertz CT molecular complexity index is 954. The summed E-state index contributed by atoms with van der Waals surface area (Å²) in [6, 6.07) is 9.57. The van der Waals surface area contributed by atoms with Gasteiger partial charge in [-0.3, -0.25) is 9.59 Å². The Hall–Kier alpha value is -2.54. The highest BCUT2D eigenvalue weighted by molar-refractivity contribution is 7.17. The molecule has 1 saturated heterocycles. The molecule has 1 aromatic carbocycles. The highest BCUT2D eigenvalue weighted by Gasteiger charge is 2.55. The van der Waals surface area contributed by atoms with Crippen LogP contribution in [0.15, 0.2) is 30.3 Å². The van der Waals surface area contributed by atoms with Crippen LogP contribution in [0.4, 0.5) is 0 Å². The van der Waals surface area contributed by atoms with Gasteiger partial charge < -0.3 is 19.5 Å². The van der Waals surface area contributed by atoms with Crippen LogP contribution in [0.3, 0.4) is 0 Å². The number of carbonyl (C=O) groups excluding carboxylic acids is 1. The molecule has 3 heterocycles. The average molecular weight is 399 g/mol. The fourth-order valence-corrected chi connectivity index (χ4v) is 5.72. The topological polar surface area (TPSA) is 76.1 Å². The summed E-state index contributed by atoms with van der Waals surface area (Å²) in [6.07, 6.45) is 2.50. The molecule has 1 aliphatic carbocycles. The van der Waals surface area contributed by atoms with E-state index in [0.29, 0.717) is 37.6 Å². The van der Waals surface area contributed by atoms with E-state index in [1.807, 2.05) is 30.3 Å². The lowest BCUT2D eigenvalue weighted by molar-refractivity contribution is -0.149. The molecule has 0 bridgehead atoms. The number of ether oxygens (including phenoxy) is 2. The Morgan fingerprint density at radius 2 is 1.96 bits per heavy atom. The summed E-state index contributed by atoms with van der Waals surface area (Å²) >= 11 is 1.43. The molecule has 1 saturated carbocycles. The predicted octanol–water partition coefficient (Wildman–Crippen LogP) is 3.51. The van der Waals surface area contributed by atoms with Gasteiger partial charge in [-0.1, -0.05) is 6.42 Å². The number of hydrogen-bond acceptors (Lipinski definition) is 5. The second-order valence-corrected chi connectivity index (χ2v) is 8.84. The Morgan fingerprint density at radius 3 is 2.75 bits per heavy atom. The van der Waals surface area contributed by atoms with Crippen LogP contribution < -0.4 is 9.47 Å². The highest BCUT2D eigenvalue weighted by Crippen LogP contribution is 2.49. The van der Waals surface area contributed by atoms with Gasteiger partial charge in [0.2, 0.25) is 0 Å². The molecular formula is C21H21NO5S. The first-order chi connectivity index (χ1) is 13.6. The average Bonchev–Trinajstić information content (AvgIpc) is 3.41. The quantitative estimate of drug-likeness (QED) is 0.855. The van der Waals surface area contributed by atoms with Crippen LogP contribution in [0.25, 0.3) is 10.4 Å². The van der Waals surface area contributed by atoms with E-state index in [0.717, 1.165) is 34.8 Å². The smallest absolute Gasteiger partial charge is 0.311 e. The van der Waals surface area contributed by atoms with E-state index in [-0.39, 0.29) is 11.8 Å². The number of carbonyl (C=O) groups is 2. The first-order valence-corrected chi connectivity index (χ1v) is 10.4. The summed E-state index contributed by atoms with van der Waals surface area (Å²) in [5.74, 6) is 0.717. The van der Waals surface area contributed by atoms with Crippen molar-refractivity contribution in [3.63, 3.8) is 0 Å². The van der Waals surface area contributed by atoms with Gasteiger partial charge >= 0.3 is 5.97 Å². The number of aliphatic carboxylic acids is 1. The van der Waals surface area contributed by atoms with E-state index in [1.54, 1.807) is 4.90 Å². The van der Waals surface area contributed by atoms with Gasteiger partial charge in [-0.05, 0) is 54.7 Å². The molecule has 0 spiro atoms. The van der Waals surface area contributed by atoms with Crippen molar-refractivity contribution in [2.75, 3.05) is 26.3 Å². The van der Waals surface area contributed by atoms with E-state index in [2.05, 4.69) is 0 Å². The Balaban J connectivity index is 1.37. The lowest BCUT2D eigenvalue weighted by atomic mass is 9.81. The summed E-state index contributed by atoms with van der Waals surface area (Å²) in [6.45, 7) is 1.95. The van der Waals surface area contributed by atoms with Crippen molar-refractivity contribution >= 4 is 23.2 Å². The van der Waals surface area contributed by atoms with E-state index in [4.69, 9.17) is 9.47 Å². The highest BCUT2D eigenvalue weighted by atomic mass is 32.1. The maximum absolute atomic E-state index is 13.0. The monoisotopic (exact) mass is 399 g/mol. The number of fused-ring (bicyclic) bond motifs is 2. The number of rotatable bonds is 3. The van der Waals surface area contributed by atoms with Crippen molar-refractivity contribution in [1.29, 1.82) is 0 Å². The summed E-state index contributed by atoms with van der Waals surface area (Å²) in [5.41, 5.74) is 0.236. The minimum absolute atomic E-state index is 0.0659. The number of thiophene rings is 1. The van der Waals surface area contributed by atoms with E-state index in [1.165, 1.54) is 11.3 Å². The number of carboxylic acid groups (broad SMARTS) is 1. The molecule has 0 unspecified atom stereocenters. The number of carboxylic acids is 1. The van der Waals surface area contributed by atoms with E-state index >= 15 is 0 Å². The number of nitrogens with zero attached hydrogens (tertiary/aromatic N) is 1. The molecule has 1 N–H and O–H groups in total. The van der Waals surface area contributed by atoms with Crippen molar-refractivity contribution in [2.24, 2.45) is 11.3 Å². The first-order valence-electron chi connectivity index (χ1n) is 9.59. The molecule has 1 aromatic heterocycles. The molecule has 28 heavy (non-hydrogen) atoms. The molecule has 2 atom stereocenters.